The molecule has 5 atom stereocenters. The van der Waals surface area contributed by atoms with Gasteiger partial charge < -0.3 is 20.3 Å². The smallest absolute Gasteiger partial charge is 0.261 e. The Hall–Kier alpha value is -5.16. The first-order valence-corrected chi connectivity index (χ1v) is 20.2. The second kappa shape index (κ2) is 18.9. The first-order valence-electron chi connectivity index (χ1n) is 19.2. The maximum absolute atomic E-state index is 14.6. The fraction of sp³-hybridized carbons (Fsp3) is 0.386. The molecule has 55 heavy (non-hydrogen) atoms. The predicted molar refractivity (Wildman–Crippen MR) is 214 cm³/mol. The first-order chi connectivity index (χ1) is 26.8. The SMILES string of the molecule is CNC(=O)[C@H](Cc1ccccc1)N1CCC([C@H]2C=CC=CC2)CC(NC(=O)C(CCCCN2C(=O)c3ccccc3C2=O)SCc2ccc(OC)cc2)C1=O. The molecule has 1 aliphatic carbocycles. The van der Waals surface area contributed by atoms with Crippen LogP contribution in [0.1, 0.15) is 70.4 Å². The molecule has 0 spiro atoms. The third-order valence-electron chi connectivity index (χ3n) is 10.9. The second-order valence-corrected chi connectivity index (χ2v) is 15.6. The highest BCUT2D eigenvalue weighted by atomic mass is 32.2. The predicted octanol–water partition coefficient (Wildman–Crippen LogP) is 5.98. The van der Waals surface area contributed by atoms with Gasteiger partial charge in [-0.05, 0) is 79.3 Å². The van der Waals surface area contributed by atoms with E-state index < -0.39 is 17.3 Å². The van der Waals surface area contributed by atoms with Crippen molar-refractivity contribution in [1.29, 1.82) is 0 Å². The Morgan fingerprint density at radius 1 is 0.873 bits per heavy atom. The van der Waals surface area contributed by atoms with Gasteiger partial charge in [-0.25, -0.2) is 0 Å². The molecule has 11 heteroatoms. The minimum Gasteiger partial charge on any atom is -0.497 e. The number of imide groups is 1. The van der Waals surface area contributed by atoms with Crippen molar-refractivity contribution in [3.63, 3.8) is 0 Å². The molecule has 0 bridgehead atoms. The van der Waals surface area contributed by atoms with Crippen LogP contribution in [0.15, 0.2) is 103 Å². The van der Waals surface area contributed by atoms with Crippen LogP contribution < -0.4 is 15.4 Å². The fourth-order valence-corrected chi connectivity index (χ4v) is 8.91. The fourth-order valence-electron chi connectivity index (χ4n) is 7.77. The van der Waals surface area contributed by atoms with Crippen LogP contribution in [-0.4, -0.2) is 83.9 Å². The summed E-state index contributed by atoms with van der Waals surface area (Å²) in [5.74, 6) is 0.320. The average Bonchev–Trinajstić information content (AvgIpc) is 3.35. The molecular weight excluding hydrogens is 713 g/mol. The van der Waals surface area contributed by atoms with E-state index in [0.717, 1.165) is 23.3 Å². The van der Waals surface area contributed by atoms with Crippen molar-refractivity contribution < 1.29 is 28.7 Å². The number of likely N-dealkylation sites (tertiary alicyclic amines) is 1. The monoisotopic (exact) mass is 762 g/mol. The zero-order valence-corrected chi connectivity index (χ0v) is 32.3. The largest absolute Gasteiger partial charge is 0.497 e. The van der Waals surface area contributed by atoms with Crippen LogP contribution in [0.5, 0.6) is 5.75 Å². The maximum Gasteiger partial charge on any atom is 0.261 e. The number of rotatable bonds is 16. The summed E-state index contributed by atoms with van der Waals surface area (Å²) in [4.78, 5) is 71.3. The molecule has 10 nitrogen and oxygen atoms in total. The highest BCUT2D eigenvalue weighted by Gasteiger charge is 2.40. The number of fused-ring (bicyclic) bond motifs is 1. The van der Waals surface area contributed by atoms with Crippen LogP contribution in [0, 0.1) is 11.8 Å². The number of likely N-dealkylation sites (N-methyl/N-ethyl adjacent to an activating group) is 1. The van der Waals surface area contributed by atoms with E-state index in [1.54, 1.807) is 43.3 Å². The topological polar surface area (TPSA) is 125 Å². The summed E-state index contributed by atoms with van der Waals surface area (Å²) >= 11 is 1.50. The van der Waals surface area contributed by atoms with Gasteiger partial charge in [-0.1, -0.05) is 85.3 Å². The van der Waals surface area contributed by atoms with Crippen molar-refractivity contribution in [2.75, 3.05) is 27.2 Å². The molecule has 1 saturated heterocycles. The number of carbonyl (C=O) groups is 5. The third-order valence-corrected chi connectivity index (χ3v) is 12.2. The summed E-state index contributed by atoms with van der Waals surface area (Å²) in [6, 6.07) is 22.7. The van der Waals surface area contributed by atoms with Crippen LogP contribution >= 0.6 is 11.8 Å². The second-order valence-electron chi connectivity index (χ2n) is 14.4. The first kappa shape index (κ1) is 39.5. The molecule has 5 amide bonds. The van der Waals surface area contributed by atoms with Gasteiger partial charge in [0.1, 0.15) is 17.8 Å². The lowest BCUT2D eigenvalue weighted by Gasteiger charge is -2.32. The molecule has 2 heterocycles. The maximum atomic E-state index is 14.6. The van der Waals surface area contributed by atoms with Crippen molar-refractivity contribution >= 4 is 41.3 Å². The number of unbranched alkanes of at least 4 members (excludes halogenated alkanes) is 1. The van der Waals surface area contributed by atoms with Crippen molar-refractivity contribution in [2.24, 2.45) is 11.8 Å². The lowest BCUT2D eigenvalue weighted by molar-refractivity contribution is -0.142. The Bertz CT molecular complexity index is 1860. The van der Waals surface area contributed by atoms with Gasteiger partial charge in [0.05, 0.1) is 23.5 Å². The summed E-state index contributed by atoms with van der Waals surface area (Å²) in [7, 11) is 3.20. The van der Waals surface area contributed by atoms with E-state index >= 15 is 0 Å². The molecule has 0 radical (unpaired) electrons. The zero-order valence-electron chi connectivity index (χ0n) is 31.5. The summed E-state index contributed by atoms with van der Waals surface area (Å²) in [5, 5.41) is 5.45. The van der Waals surface area contributed by atoms with Crippen LogP contribution in [0.3, 0.4) is 0 Å². The molecule has 1 fully saturated rings. The van der Waals surface area contributed by atoms with Gasteiger partial charge in [0.2, 0.25) is 17.7 Å². The molecule has 0 aromatic heterocycles. The number of amides is 5. The number of carbonyl (C=O) groups excluding carboxylic acids is 5. The Balaban J connectivity index is 1.19. The number of thioether (sulfide) groups is 1. The van der Waals surface area contributed by atoms with Crippen molar-refractivity contribution in [2.45, 2.75) is 68.0 Å². The Kier molecular flexibility index (Phi) is 13.6. The lowest BCUT2D eigenvalue weighted by atomic mass is 9.81. The summed E-state index contributed by atoms with van der Waals surface area (Å²) in [5.41, 5.74) is 2.81. The number of ether oxygens (including phenoxy) is 1. The van der Waals surface area contributed by atoms with E-state index in [4.69, 9.17) is 4.74 Å². The molecule has 6 rings (SSSR count). The summed E-state index contributed by atoms with van der Waals surface area (Å²) < 4.78 is 5.32. The Morgan fingerprint density at radius 3 is 2.24 bits per heavy atom. The molecular formula is C44H50N4O6S. The molecule has 3 unspecified atom stereocenters. The van der Waals surface area contributed by atoms with Gasteiger partial charge in [0.15, 0.2) is 0 Å². The number of methoxy groups -OCH3 is 1. The quantitative estimate of drug-likeness (QED) is 0.136. The van der Waals surface area contributed by atoms with Crippen LogP contribution in [-0.2, 0) is 26.6 Å². The molecule has 2 N–H and O–H groups in total. The molecule has 3 aliphatic rings. The summed E-state index contributed by atoms with van der Waals surface area (Å²) in [6.45, 7) is 0.662. The third kappa shape index (κ3) is 9.75. The number of hydrogen-bond acceptors (Lipinski definition) is 7. The lowest BCUT2D eigenvalue weighted by Crippen LogP contribution is -2.56. The van der Waals surface area contributed by atoms with E-state index in [-0.39, 0.29) is 47.9 Å². The highest BCUT2D eigenvalue weighted by molar-refractivity contribution is 7.99. The minimum atomic E-state index is -0.815. The van der Waals surface area contributed by atoms with Gasteiger partial charge in [0.25, 0.3) is 11.8 Å². The molecule has 288 valence electrons. The number of hydrogen-bond donors (Lipinski definition) is 2. The molecule has 3 aromatic carbocycles. The van der Waals surface area contributed by atoms with E-state index in [9.17, 15) is 24.0 Å². The average molecular weight is 763 g/mol. The van der Waals surface area contributed by atoms with Gasteiger partial charge >= 0.3 is 0 Å². The number of nitrogens with zero attached hydrogens (tertiary/aromatic N) is 2. The van der Waals surface area contributed by atoms with Gasteiger partial charge in [0, 0.05) is 32.3 Å². The standard InChI is InChI=1S/C44H50N4O6S/c1-45-40(49)38(27-30-13-5-3-6-14-30)47-26-24-33(32-15-7-4-8-16-32)28-37(44(47)53)46-41(50)39(55-29-31-20-22-34(54-2)23-21-31)19-11-12-25-48-42(51)35-17-9-10-18-36(35)43(48)52/h3-10,13-15,17-18,20-23,32-33,37-39H,11-12,16,19,24-29H2,1-2H3,(H,45,49)(H,46,50)/t32-,33?,37?,38-,39?/m0/s1. The number of benzene rings is 3. The molecule has 0 saturated carbocycles. The summed E-state index contributed by atoms with van der Waals surface area (Å²) in [6.07, 6.45) is 12.4. The van der Waals surface area contributed by atoms with Gasteiger partial charge in [-0.3, -0.25) is 28.9 Å². The van der Waals surface area contributed by atoms with Gasteiger partial charge in [-0.15, -0.1) is 11.8 Å². The van der Waals surface area contributed by atoms with Crippen molar-refractivity contribution in [3.8, 4) is 5.75 Å². The Morgan fingerprint density at radius 2 is 1.58 bits per heavy atom. The van der Waals surface area contributed by atoms with Crippen molar-refractivity contribution in [1.82, 2.24) is 20.4 Å². The van der Waals surface area contributed by atoms with E-state index in [0.29, 0.717) is 61.9 Å². The minimum absolute atomic E-state index is 0.118. The number of allylic oxidation sites excluding steroid dienone is 4. The van der Waals surface area contributed by atoms with Crippen molar-refractivity contribution in [3.05, 3.63) is 125 Å². The van der Waals surface area contributed by atoms with E-state index in [1.165, 1.54) is 16.7 Å². The van der Waals surface area contributed by atoms with Gasteiger partial charge in [-0.2, -0.15) is 0 Å². The molecule has 2 aliphatic heterocycles. The normalized spacial score (nSPS) is 20.5. The zero-order chi connectivity index (χ0) is 38.7. The van der Waals surface area contributed by atoms with Crippen LogP contribution in [0.4, 0.5) is 0 Å². The van der Waals surface area contributed by atoms with E-state index in [1.807, 2.05) is 66.7 Å². The highest BCUT2D eigenvalue weighted by Crippen LogP contribution is 2.33. The number of nitrogens with one attached hydrogen (secondary N) is 2. The van der Waals surface area contributed by atoms with E-state index in [2.05, 4.69) is 22.8 Å². The van der Waals surface area contributed by atoms with Crippen LogP contribution in [0.2, 0.25) is 0 Å². The van der Waals surface area contributed by atoms with Crippen LogP contribution in [0.25, 0.3) is 0 Å². The molecule has 3 aromatic rings. The Labute approximate surface area is 327 Å².